The Morgan fingerprint density at radius 2 is 2.10 bits per heavy atom. The van der Waals surface area contributed by atoms with E-state index in [2.05, 4.69) is 4.98 Å². The Kier molecular flexibility index (Phi) is 5.27. The highest BCUT2D eigenvalue weighted by molar-refractivity contribution is 8.00. The number of nitrogens with zero attached hydrogens (tertiary/aromatic N) is 3. The first-order valence-corrected chi connectivity index (χ1v) is 9.32. The van der Waals surface area contributed by atoms with Gasteiger partial charge in [-0.15, -0.1) is 0 Å². The quantitative estimate of drug-likeness (QED) is 0.553. The molecule has 1 aliphatic rings. The minimum Gasteiger partial charge on any atom is -0.384 e. The van der Waals surface area contributed by atoms with E-state index in [1.807, 2.05) is 4.98 Å². The fourth-order valence-electron chi connectivity index (χ4n) is 2.82. The lowest BCUT2D eigenvalue weighted by Crippen LogP contribution is -2.36. The van der Waals surface area contributed by atoms with Crippen LogP contribution in [0, 0.1) is 18.3 Å². The summed E-state index contributed by atoms with van der Waals surface area (Å²) >= 11 is 0.592. The maximum Gasteiger partial charge on any atom is 0.417 e. The molecule has 1 aliphatic carbocycles. The zero-order valence-electron chi connectivity index (χ0n) is 15.0. The number of carbonyl (C=O) groups is 1. The number of alkyl halides is 3. The van der Waals surface area contributed by atoms with Crippen molar-refractivity contribution >= 4 is 23.4 Å². The molecule has 3 N–H and O–H groups in total. The van der Waals surface area contributed by atoms with Crippen LogP contribution < -0.4 is 17.0 Å². The molecule has 0 amide bonds. The number of nitrogens with one attached hydrogen (secondary N) is 1. The number of ketones is 1. The number of Topliss-reactive ketones (excluding diaryl/α,β-unsaturated/α-hetero) is 1. The van der Waals surface area contributed by atoms with Gasteiger partial charge in [-0.25, -0.2) is 9.78 Å². The van der Waals surface area contributed by atoms with E-state index in [-0.39, 0.29) is 22.6 Å². The van der Waals surface area contributed by atoms with Gasteiger partial charge in [0.2, 0.25) is 0 Å². The van der Waals surface area contributed by atoms with Crippen molar-refractivity contribution in [3.05, 3.63) is 49.3 Å². The molecule has 29 heavy (non-hydrogen) atoms. The van der Waals surface area contributed by atoms with Crippen molar-refractivity contribution in [2.75, 3.05) is 11.5 Å². The molecule has 12 heteroatoms. The third-order valence-electron chi connectivity index (χ3n) is 4.24. The predicted octanol–water partition coefficient (Wildman–Crippen LogP) is 2.02. The zero-order chi connectivity index (χ0) is 21.5. The summed E-state index contributed by atoms with van der Waals surface area (Å²) in [7, 11) is 0. The molecular weight excluding hydrogens is 411 g/mol. The van der Waals surface area contributed by atoms with Gasteiger partial charge in [0.1, 0.15) is 22.5 Å². The third-order valence-corrected chi connectivity index (χ3v) is 5.22. The predicted molar refractivity (Wildman–Crippen MR) is 97.8 cm³/mol. The Morgan fingerprint density at radius 3 is 2.66 bits per heavy atom. The molecule has 2 aromatic rings. The number of halogens is 3. The first-order valence-electron chi connectivity index (χ1n) is 8.33. The number of carbonyl (C=O) groups excluding carboxylic acids is 1. The van der Waals surface area contributed by atoms with Gasteiger partial charge in [0.15, 0.2) is 5.78 Å². The molecule has 0 saturated heterocycles. The van der Waals surface area contributed by atoms with Gasteiger partial charge in [-0.1, -0.05) is 11.8 Å². The average molecular weight is 425 g/mol. The Balaban J connectivity index is 1.94. The molecule has 0 bridgehead atoms. The van der Waals surface area contributed by atoms with Crippen LogP contribution in [0.2, 0.25) is 0 Å². The standard InChI is InChI=1S/C17H14F3N5O3S/c1-7-4-10(17(18,19)20)9(5-21)15(23-7)29-6-11(26)12-13(22)25(8-2-3-8)16(28)24-14(12)27/h4,8H,2-3,6,22H2,1H3,(H,24,27,28). The topological polar surface area (TPSA) is 135 Å². The molecule has 8 nitrogen and oxygen atoms in total. The number of anilines is 1. The molecule has 2 heterocycles. The van der Waals surface area contributed by atoms with Gasteiger partial charge < -0.3 is 5.73 Å². The van der Waals surface area contributed by atoms with E-state index >= 15 is 0 Å². The van der Waals surface area contributed by atoms with Gasteiger partial charge in [-0.3, -0.25) is 19.1 Å². The molecule has 1 saturated carbocycles. The van der Waals surface area contributed by atoms with Crippen molar-refractivity contribution in [2.24, 2.45) is 0 Å². The van der Waals surface area contributed by atoms with Crippen molar-refractivity contribution < 1.29 is 18.0 Å². The summed E-state index contributed by atoms with van der Waals surface area (Å²) in [4.78, 5) is 42.5. The summed E-state index contributed by atoms with van der Waals surface area (Å²) in [6, 6.07) is 2.02. The number of H-pyrrole nitrogens is 1. The summed E-state index contributed by atoms with van der Waals surface area (Å²) in [5.41, 5.74) is 1.89. The average Bonchev–Trinajstić information content (AvgIpc) is 3.43. The number of aryl methyl sites for hydroxylation is 1. The maximum absolute atomic E-state index is 13.2. The maximum atomic E-state index is 13.2. The molecule has 2 aromatic heterocycles. The summed E-state index contributed by atoms with van der Waals surface area (Å²) in [6.07, 6.45) is -3.41. The van der Waals surface area contributed by atoms with Gasteiger partial charge in [-0.05, 0) is 25.8 Å². The fourth-order valence-corrected chi connectivity index (χ4v) is 3.74. The summed E-state index contributed by atoms with van der Waals surface area (Å²) in [6.45, 7) is 1.33. The molecule has 0 aliphatic heterocycles. The van der Waals surface area contributed by atoms with Crippen LogP contribution in [0.4, 0.5) is 19.0 Å². The van der Waals surface area contributed by atoms with Gasteiger partial charge in [0.05, 0.1) is 16.9 Å². The molecule has 3 rings (SSSR count). The Hall–Kier alpha value is -3.07. The van der Waals surface area contributed by atoms with Crippen molar-refractivity contribution in [1.82, 2.24) is 14.5 Å². The van der Waals surface area contributed by atoms with Gasteiger partial charge in [-0.2, -0.15) is 18.4 Å². The summed E-state index contributed by atoms with van der Waals surface area (Å²) < 4.78 is 40.7. The molecule has 0 radical (unpaired) electrons. The summed E-state index contributed by atoms with van der Waals surface area (Å²) in [5, 5.41) is 8.88. The highest BCUT2D eigenvalue weighted by Gasteiger charge is 2.36. The van der Waals surface area contributed by atoms with Crippen molar-refractivity contribution in [2.45, 2.75) is 37.0 Å². The van der Waals surface area contributed by atoms with Crippen LogP contribution in [0.3, 0.4) is 0 Å². The number of thioether (sulfide) groups is 1. The lowest BCUT2D eigenvalue weighted by Gasteiger charge is -2.13. The van der Waals surface area contributed by atoms with Gasteiger partial charge in [0.25, 0.3) is 5.56 Å². The van der Waals surface area contributed by atoms with Crippen molar-refractivity contribution in [1.29, 1.82) is 5.26 Å². The highest BCUT2D eigenvalue weighted by atomic mass is 32.2. The number of hydrogen-bond donors (Lipinski definition) is 2. The lowest BCUT2D eigenvalue weighted by atomic mass is 10.1. The second-order valence-electron chi connectivity index (χ2n) is 6.43. The minimum atomic E-state index is -4.76. The first kappa shape index (κ1) is 20.7. The number of nitrogen functional groups attached to an aromatic ring is 1. The van der Waals surface area contributed by atoms with Crippen molar-refractivity contribution in [3.63, 3.8) is 0 Å². The fraction of sp³-hybridized carbons (Fsp3) is 0.353. The molecule has 1 fully saturated rings. The number of pyridine rings is 1. The van der Waals surface area contributed by atoms with E-state index in [4.69, 9.17) is 11.0 Å². The van der Waals surface area contributed by atoms with Gasteiger partial charge in [0, 0.05) is 11.7 Å². The molecular formula is C17H14F3N5O3S. The number of aromatic nitrogens is 3. The smallest absolute Gasteiger partial charge is 0.384 e. The van der Waals surface area contributed by atoms with E-state index in [1.165, 1.54) is 13.0 Å². The van der Waals surface area contributed by atoms with Crippen LogP contribution in [0.25, 0.3) is 0 Å². The number of nitrogens with two attached hydrogens (primary N) is 1. The lowest BCUT2D eigenvalue weighted by molar-refractivity contribution is -0.138. The monoisotopic (exact) mass is 425 g/mol. The van der Waals surface area contributed by atoms with E-state index < -0.39 is 45.7 Å². The Labute approximate surface area is 165 Å². The van der Waals surface area contributed by atoms with Crippen LogP contribution >= 0.6 is 11.8 Å². The molecule has 0 atom stereocenters. The molecule has 0 spiro atoms. The molecule has 0 unspecified atom stereocenters. The van der Waals surface area contributed by atoms with Gasteiger partial charge >= 0.3 is 11.9 Å². The zero-order valence-corrected chi connectivity index (χ0v) is 15.8. The van der Waals surface area contributed by atoms with Crippen LogP contribution in [-0.4, -0.2) is 26.1 Å². The highest BCUT2D eigenvalue weighted by Crippen LogP contribution is 2.37. The minimum absolute atomic E-state index is 0.0194. The normalized spacial score (nSPS) is 13.9. The van der Waals surface area contributed by atoms with E-state index in [9.17, 15) is 27.6 Å². The van der Waals surface area contributed by atoms with Crippen LogP contribution in [0.15, 0.2) is 20.7 Å². The van der Waals surface area contributed by atoms with E-state index in [0.717, 1.165) is 10.6 Å². The second-order valence-corrected chi connectivity index (χ2v) is 7.40. The van der Waals surface area contributed by atoms with E-state index in [0.29, 0.717) is 24.6 Å². The number of rotatable bonds is 5. The molecule has 152 valence electrons. The van der Waals surface area contributed by atoms with Crippen LogP contribution in [0.5, 0.6) is 0 Å². The largest absolute Gasteiger partial charge is 0.417 e. The summed E-state index contributed by atoms with van der Waals surface area (Å²) in [5.74, 6) is -1.55. The SMILES string of the molecule is Cc1cc(C(F)(F)F)c(C#N)c(SCC(=O)c2c(N)n(C3CC3)c(=O)[nH]c2=O)n1. The third kappa shape index (κ3) is 4.04. The number of nitriles is 1. The second kappa shape index (κ2) is 7.40. The Morgan fingerprint density at radius 1 is 1.45 bits per heavy atom. The van der Waals surface area contributed by atoms with E-state index in [1.54, 1.807) is 0 Å². The van der Waals surface area contributed by atoms with Crippen molar-refractivity contribution in [3.8, 4) is 6.07 Å². The number of hydrogen-bond acceptors (Lipinski definition) is 7. The van der Waals surface area contributed by atoms with Crippen LogP contribution in [-0.2, 0) is 6.18 Å². The molecule has 0 aromatic carbocycles. The Bertz CT molecular complexity index is 1160. The first-order chi connectivity index (χ1) is 13.5. The number of aromatic amines is 1. The van der Waals surface area contributed by atoms with Crippen LogP contribution in [0.1, 0.15) is 46.1 Å².